The van der Waals surface area contributed by atoms with E-state index in [0.717, 1.165) is 22.3 Å². The summed E-state index contributed by atoms with van der Waals surface area (Å²) in [6, 6.07) is 17.0. The molecule has 1 aromatic heterocycles. The molecule has 0 bridgehead atoms. The van der Waals surface area contributed by atoms with Crippen LogP contribution in [-0.2, 0) is 0 Å². The second-order valence-corrected chi connectivity index (χ2v) is 4.46. The van der Waals surface area contributed by atoms with Crippen molar-refractivity contribution < 1.29 is 0 Å². The highest BCUT2D eigenvalue weighted by atomic mass is 35.5. The normalized spacial score (nSPS) is 11.2. The molecule has 19 heavy (non-hydrogen) atoms. The van der Waals surface area contributed by atoms with Gasteiger partial charge in [0.1, 0.15) is 0 Å². The fourth-order valence-electron chi connectivity index (χ4n) is 1.80. The van der Waals surface area contributed by atoms with Gasteiger partial charge in [0.25, 0.3) is 0 Å². The van der Waals surface area contributed by atoms with Gasteiger partial charge in [0.2, 0.25) is 0 Å². The lowest BCUT2D eigenvalue weighted by molar-refractivity contribution is 1.23. The van der Waals surface area contributed by atoms with Crippen LogP contribution in [0.3, 0.4) is 0 Å². The molecule has 0 aliphatic rings. The van der Waals surface area contributed by atoms with Crippen LogP contribution in [0.1, 0.15) is 0 Å². The summed E-state index contributed by atoms with van der Waals surface area (Å²) in [7, 11) is 0. The zero-order valence-electron chi connectivity index (χ0n) is 9.99. The molecular formula is C15H10ClN3. The minimum absolute atomic E-state index is 0.664. The lowest BCUT2D eigenvalue weighted by atomic mass is 10.2. The van der Waals surface area contributed by atoms with Crippen LogP contribution in [0.15, 0.2) is 71.0 Å². The van der Waals surface area contributed by atoms with Crippen LogP contribution in [0, 0.1) is 0 Å². The number of hydrogen-bond acceptors (Lipinski definition) is 3. The van der Waals surface area contributed by atoms with Gasteiger partial charge in [-0.25, -0.2) is 0 Å². The van der Waals surface area contributed by atoms with E-state index >= 15 is 0 Å². The van der Waals surface area contributed by atoms with Crippen LogP contribution in [0.2, 0.25) is 5.02 Å². The molecule has 0 aliphatic heterocycles. The summed E-state index contributed by atoms with van der Waals surface area (Å²) in [6.07, 6.45) is 1.71. The van der Waals surface area contributed by atoms with Gasteiger partial charge in [0, 0.05) is 16.6 Å². The van der Waals surface area contributed by atoms with Crippen LogP contribution in [0.25, 0.3) is 10.9 Å². The van der Waals surface area contributed by atoms with Crippen molar-refractivity contribution in [3.8, 4) is 0 Å². The molecular weight excluding hydrogens is 258 g/mol. The van der Waals surface area contributed by atoms with Gasteiger partial charge in [-0.2, -0.15) is 5.11 Å². The molecule has 4 heteroatoms. The molecule has 0 atom stereocenters. The first-order valence-corrected chi connectivity index (χ1v) is 6.22. The molecule has 92 valence electrons. The molecule has 2 aromatic carbocycles. The van der Waals surface area contributed by atoms with Crippen molar-refractivity contribution in [3.63, 3.8) is 0 Å². The Kier molecular flexibility index (Phi) is 3.21. The van der Waals surface area contributed by atoms with Gasteiger partial charge in [-0.1, -0.05) is 29.8 Å². The summed E-state index contributed by atoms with van der Waals surface area (Å²) in [4.78, 5) is 4.27. The molecule has 0 fully saturated rings. The van der Waals surface area contributed by atoms with Crippen LogP contribution in [-0.4, -0.2) is 4.98 Å². The molecule has 0 saturated carbocycles. The van der Waals surface area contributed by atoms with Gasteiger partial charge in [-0.15, -0.1) is 5.11 Å². The number of benzene rings is 2. The van der Waals surface area contributed by atoms with Gasteiger partial charge in [0.05, 0.1) is 16.9 Å². The lowest BCUT2D eigenvalue weighted by Gasteiger charge is -2.00. The van der Waals surface area contributed by atoms with E-state index in [2.05, 4.69) is 15.2 Å². The zero-order chi connectivity index (χ0) is 13.1. The minimum Gasteiger partial charge on any atom is -0.256 e. The summed E-state index contributed by atoms with van der Waals surface area (Å²) in [5.74, 6) is 0. The highest BCUT2D eigenvalue weighted by molar-refractivity contribution is 6.31. The summed E-state index contributed by atoms with van der Waals surface area (Å²) in [5.41, 5.74) is 2.42. The number of azo groups is 1. The average molecular weight is 268 g/mol. The Hall–Kier alpha value is -2.26. The van der Waals surface area contributed by atoms with E-state index in [1.54, 1.807) is 6.20 Å². The van der Waals surface area contributed by atoms with Crippen molar-refractivity contribution in [2.24, 2.45) is 10.2 Å². The quantitative estimate of drug-likeness (QED) is 0.580. The fourth-order valence-corrected chi connectivity index (χ4v) is 1.97. The first-order valence-electron chi connectivity index (χ1n) is 5.84. The molecule has 0 saturated heterocycles. The van der Waals surface area contributed by atoms with Crippen LogP contribution < -0.4 is 0 Å². The standard InChI is InChI=1S/C15H10ClN3/c16-11-6-7-13-14(8-9-17-15(13)10-11)19-18-12-4-2-1-3-5-12/h1-10H. The second kappa shape index (κ2) is 5.16. The van der Waals surface area contributed by atoms with Gasteiger partial charge < -0.3 is 0 Å². The Labute approximate surface area is 115 Å². The Morgan fingerprint density at radius 2 is 1.74 bits per heavy atom. The third-order valence-corrected chi connectivity index (χ3v) is 2.95. The Morgan fingerprint density at radius 3 is 2.58 bits per heavy atom. The first kappa shape index (κ1) is 11.8. The van der Waals surface area contributed by atoms with Crippen LogP contribution in [0.5, 0.6) is 0 Å². The number of hydrogen-bond donors (Lipinski definition) is 0. The third kappa shape index (κ3) is 2.61. The van der Waals surface area contributed by atoms with Crippen molar-refractivity contribution in [1.82, 2.24) is 4.98 Å². The SMILES string of the molecule is Clc1ccc2c(N=Nc3ccccc3)ccnc2c1. The number of rotatable bonds is 2. The Balaban J connectivity index is 2.04. The number of halogens is 1. The number of pyridine rings is 1. The molecule has 3 rings (SSSR count). The highest BCUT2D eigenvalue weighted by Gasteiger charge is 2.01. The van der Waals surface area contributed by atoms with E-state index < -0.39 is 0 Å². The topological polar surface area (TPSA) is 37.6 Å². The monoisotopic (exact) mass is 267 g/mol. The summed E-state index contributed by atoms with van der Waals surface area (Å²) in [5, 5.41) is 10.1. The van der Waals surface area contributed by atoms with Crippen molar-refractivity contribution in [2.75, 3.05) is 0 Å². The molecule has 0 amide bonds. The fraction of sp³-hybridized carbons (Fsp3) is 0. The van der Waals surface area contributed by atoms with Crippen molar-refractivity contribution in [3.05, 3.63) is 65.8 Å². The van der Waals surface area contributed by atoms with Crippen molar-refractivity contribution in [2.45, 2.75) is 0 Å². The first-order chi connectivity index (χ1) is 9.33. The average Bonchev–Trinajstić information content (AvgIpc) is 2.45. The predicted octanol–water partition coefficient (Wildman–Crippen LogP) is 5.30. The van der Waals surface area contributed by atoms with Gasteiger partial charge in [-0.05, 0) is 36.4 Å². The Bertz CT molecular complexity index is 739. The molecule has 1 heterocycles. The third-order valence-electron chi connectivity index (χ3n) is 2.71. The predicted molar refractivity (Wildman–Crippen MR) is 77.4 cm³/mol. The van der Waals surface area contributed by atoms with E-state index in [1.165, 1.54) is 0 Å². The van der Waals surface area contributed by atoms with E-state index in [9.17, 15) is 0 Å². The maximum absolute atomic E-state index is 5.95. The number of nitrogens with zero attached hydrogens (tertiary/aromatic N) is 3. The molecule has 3 nitrogen and oxygen atoms in total. The second-order valence-electron chi connectivity index (χ2n) is 4.03. The zero-order valence-corrected chi connectivity index (χ0v) is 10.7. The van der Waals surface area contributed by atoms with Crippen LogP contribution in [0.4, 0.5) is 11.4 Å². The summed E-state index contributed by atoms with van der Waals surface area (Å²) in [6.45, 7) is 0. The highest BCUT2D eigenvalue weighted by Crippen LogP contribution is 2.27. The summed E-state index contributed by atoms with van der Waals surface area (Å²) >= 11 is 5.95. The number of fused-ring (bicyclic) bond motifs is 1. The molecule has 0 unspecified atom stereocenters. The van der Waals surface area contributed by atoms with Crippen molar-refractivity contribution in [1.29, 1.82) is 0 Å². The maximum atomic E-state index is 5.95. The molecule has 3 aromatic rings. The largest absolute Gasteiger partial charge is 0.256 e. The van der Waals surface area contributed by atoms with Crippen molar-refractivity contribution >= 4 is 33.9 Å². The lowest BCUT2D eigenvalue weighted by Crippen LogP contribution is -1.78. The van der Waals surface area contributed by atoms with Crippen LogP contribution >= 0.6 is 11.6 Å². The van der Waals surface area contributed by atoms with E-state index in [-0.39, 0.29) is 0 Å². The Morgan fingerprint density at radius 1 is 0.895 bits per heavy atom. The minimum atomic E-state index is 0.664. The van der Waals surface area contributed by atoms with E-state index in [1.807, 2.05) is 54.6 Å². The van der Waals surface area contributed by atoms with E-state index in [0.29, 0.717) is 5.02 Å². The summed E-state index contributed by atoms with van der Waals surface area (Å²) < 4.78 is 0. The maximum Gasteiger partial charge on any atom is 0.0966 e. The smallest absolute Gasteiger partial charge is 0.0966 e. The molecule has 0 N–H and O–H groups in total. The van der Waals surface area contributed by atoms with Gasteiger partial charge >= 0.3 is 0 Å². The molecule has 0 radical (unpaired) electrons. The van der Waals surface area contributed by atoms with Gasteiger partial charge in [0.15, 0.2) is 0 Å². The number of aromatic nitrogens is 1. The van der Waals surface area contributed by atoms with Gasteiger partial charge in [-0.3, -0.25) is 4.98 Å². The molecule has 0 spiro atoms. The molecule has 0 aliphatic carbocycles. The van der Waals surface area contributed by atoms with E-state index in [4.69, 9.17) is 11.6 Å².